The molecule has 0 aliphatic heterocycles. The Morgan fingerprint density at radius 3 is 2.44 bits per heavy atom. The third-order valence-electron chi connectivity index (χ3n) is 3.54. The van der Waals surface area contributed by atoms with Gasteiger partial charge in [0.2, 0.25) is 0 Å². The summed E-state index contributed by atoms with van der Waals surface area (Å²) < 4.78 is 15.7. The molecule has 0 fully saturated rings. The Bertz CT molecular complexity index is 789. The minimum absolute atomic E-state index is 0.131. The van der Waals surface area contributed by atoms with Crippen molar-refractivity contribution in [1.29, 1.82) is 0 Å². The van der Waals surface area contributed by atoms with Gasteiger partial charge >= 0.3 is 5.97 Å². The van der Waals surface area contributed by atoms with Crippen LogP contribution < -0.4 is 10.1 Å². The summed E-state index contributed by atoms with van der Waals surface area (Å²) in [6.45, 7) is 3.95. The number of esters is 1. The van der Waals surface area contributed by atoms with Gasteiger partial charge in [0.15, 0.2) is 6.61 Å². The number of carbonyl (C=O) groups excluding carboxylic acids is 2. The zero-order valence-corrected chi connectivity index (χ0v) is 16.2. The summed E-state index contributed by atoms with van der Waals surface area (Å²) in [5.41, 5.74) is 1.71. The lowest BCUT2D eigenvalue weighted by Gasteiger charge is -2.11. The number of anilines is 1. The van der Waals surface area contributed by atoms with E-state index < -0.39 is 18.5 Å². The molecule has 0 aromatic heterocycles. The number of halogens is 1. The highest BCUT2D eigenvalue weighted by molar-refractivity contribution is 6.31. The predicted octanol–water partition coefficient (Wildman–Crippen LogP) is 4.07. The van der Waals surface area contributed by atoms with E-state index >= 15 is 0 Å². The number of carbonyl (C=O) groups is 2. The molecule has 0 spiro atoms. The Hall–Kier alpha value is -2.57. The van der Waals surface area contributed by atoms with E-state index in [1.165, 1.54) is 7.11 Å². The summed E-state index contributed by atoms with van der Waals surface area (Å²) in [7, 11) is 1.48. The first-order valence-electron chi connectivity index (χ1n) is 8.40. The van der Waals surface area contributed by atoms with Crippen molar-refractivity contribution >= 4 is 29.2 Å². The molecule has 0 aliphatic carbocycles. The molecule has 0 atom stereocenters. The van der Waals surface area contributed by atoms with Gasteiger partial charge in [-0.3, -0.25) is 4.79 Å². The van der Waals surface area contributed by atoms with E-state index in [1.807, 2.05) is 13.8 Å². The highest BCUT2D eigenvalue weighted by atomic mass is 35.5. The monoisotopic (exact) mass is 391 g/mol. The molecular weight excluding hydrogens is 370 g/mol. The Morgan fingerprint density at radius 2 is 1.81 bits per heavy atom. The molecule has 2 aromatic carbocycles. The lowest BCUT2D eigenvalue weighted by molar-refractivity contribution is -0.119. The summed E-state index contributed by atoms with van der Waals surface area (Å²) in [6, 6.07) is 11.7. The molecule has 0 heterocycles. The second-order valence-corrected chi connectivity index (χ2v) is 6.46. The number of methoxy groups -OCH3 is 1. The van der Waals surface area contributed by atoms with Gasteiger partial charge in [-0.1, -0.05) is 23.7 Å². The van der Waals surface area contributed by atoms with E-state index in [9.17, 15) is 9.59 Å². The SMILES string of the molecule is COc1ccc(Cl)cc1NC(=O)COC(=O)c1ccc(COC(C)C)cc1. The van der Waals surface area contributed by atoms with Gasteiger partial charge in [0.1, 0.15) is 5.75 Å². The van der Waals surface area contributed by atoms with Crippen LogP contribution in [-0.4, -0.2) is 31.7 Å². The first-order chi connectivity index (χ1) is 12.9. The van der Waals surface area contributed by atoms with Gasteiger partial charge in [-0.05, 0) is 49.7 Å². The van der Waals surface area contributed by atoms with Crippen molar-refractivity contribution in [3.8, 4) is 5.75 Å². The molecular formula is C20H22ClNO5. The lowest BCUT2D eigenvalue weighted by atomic mass is 10.1. The molecule has 0 radical (unpaired) electrons. The number of hydrogen-bond donors (Lipinski definition) is 1. The van der Waals surface area contributed by atoms with E-state index in [0.717, 1.165) is 5.56 Å². The number of benzene rings is 2. The van der Waals surface area contributed by atoms with Gasteiger partial charge in [-0.15, -0.1) is 0 Å². The maximum atomic E-state index is 12.1. The van der Waals surface area contributed by atoms with Crippen LogP contribution in [0.5, 0.6) is 5.75 Å². The number of nitrogens with one attached hydrogen (secondary N) is 1. The smallest absolute Gasteiger partial charge is 0.338 e. The largest absolute Gasteiger partial charge is 0.495 e. The molecule has 0 saturated heterocycles. The van der Waals surface area contributed by atoms with E-state index in [0.29, 0.717) is 28.6 Å². The van der Waals surface area contributed by atoms with Gasteiger partial charge in [-0.2, -0.15) is 0 Å². The average molecular weight is 392 g/mol. The van der Waals surface area contributed by atoms with Crippen molar-refractivity contribution in [2.45, 2.75) is 26.6 Å². The van der Waals surface area contributed by atoms with Gasteiger partial charge in [0.05, 0.1) is 31.1 Å². The third-order valence-corrected chi connectivity index (χ3v) is 3.78. The van der Waals surface area contributed by atoms with Crippen LogP contribution in [0.2, 0.25) is 5.02 Å². The topological polar surface area (TPSA) is 73.9 Å². The molecule has 0 bridgehead atoms. The first-order valence-corrected chi connectivity index (χ1v) is 8.78. The highest BCUT2D eigenvalue weighted by Gasteiger charge is 2.12. The van der Waals surface area contributed by atoms with Gasteiger partial charge in [0, 0.05) is 5.02 Å². The molecule has 0 aliphatic rings. The number of hydrogen-bond acceptors (Lipinski definition) is 5. The molecule has 1 N–H and O–H groups in total. The lowest BCUT2D eigenvalue weighted by Crippen LogP contribution is -2.21. The van der Waals surface area contributed by atoms with Crippen molar-refractivity contribution in [2.75, 3.05) is 19.0 Å². The van der Waals surface area contributed by atoms with Crippen LogP contribution in [0.3, 0.4) is 0 Å². The Balaban J connectivity index is 1.88. The van der Waals surface area contributed by atoms with Crippen molar-refractivity contribution < 1.29 is 23.8 Å². The Kier molecular flexibility index (Phi) is 7.64. The third kappa shape index (κ3) is 6.58. The second-order valence-electron chi connectivity index (χ2n) is 6.03. The molecule has 0 saturated carbocycles. The Morgan fingerprint density at radius 1 is 1.11 bits per heavy atom. The summed E-state index contributed by atoms with van der Waals surface area (Å²) in [5.74, 6) is -0.622. The van der Waals surface area contributed by atoms with Crippen molar-refractivity contribution in [3.63, 3.8) is 0 Å². The van der Waals surface area contributed by atoms with Crippen LogP contribution in [0.15, 0.2) is 42.5 Å². The fraction of sp³-hybridized carbons (Fsp3) is 0.300. The fourth-order valence-corrected chi connectivity index (χ4v) is 2.35. The average Bonchev–Trinajstić information content (AvgIpc) is 2.65. The molecule has 144 valence electrons. The normalized spacial score (nSPS) is 10.6. The quantitative estimate of drug-likeness (QED) is 0.686. The van der Waals surface area contributed by atoms with E-state index in [2.05, 4.69) is 5.32 Å². The van der Waals surface area contributed by atoms with Crippen molar-refractivity contribution in [1.82, 2.24) is 0 Å². The van der Waals surface area contributed by atoms with Crippen LogP contribution in [0, 0.1) is 0 Å². The maximum Gasteiger partial charge on any atom is 0.338 e. The molecule has 7 heteroatoms. The molecule has 27 heavy (non-hydrogen) atoms. The molecule has 2 rings (SSSR count). The van der Waals surface area contributed by atoms with Crippen LogP contribution in [0.1, 0.15) is 29.8 Å². The highest BCUT2D eigenvalue weighted by Crippen LogP contribution is 2.27. The van der Waals surface area contributed by atoms with E-state index in [-0.39, 0.29) is 6.10 Å². The van der Waals surface area contributed by atoms with Crippen LogP contribution in [0.25, 0.3) is 0 Å². The molecule has 0 unspecified atom stereocenters. The maximum absolute atomic E-state index is 12.1. The van der Waals surface area contributed by atoms with Gasteiger partial charge in [-0.25, -0.2) is 4.79 Å². The Labute approximate surface area is 163 Å². The van der Waals surface area contributed by atoms with E-state index in [4.69, 9.17) is 25.8 Å². The zero-order valence-electron chi connectivity index (χ0n) is 15.5. The van der Waals surface area contributed by atoms with Crippen LogP contribution in [0.4, 0.5) is 5.69 Å². The molecule has 2 aromatic rings. The summed E-state index contributed by atoms with van der Waals surface area (Å²) in [5, 5.41) is 3.05. The number of ether oxygens (including phenoxy) is 3. The zero-order chi connectivity index (χ0) is 19.8. The minimum Gasteiger partial charge on any atom is -0.495 e. The predicted molar refractivity (Wildman–Crippen MR) is 103 cm³/mol. The standard InChI is InChI=1S/C20H22ClNO5/c1-13(2)26-11-14-4-6-15(7-5-14)20(24)27-12-19(23)22-17-10-16(21)8-9-18(17)25-3/h4-10,13H,11-12H2,1-3H3,(H,22,23). The number of rotatable bonds is 8. The van der Waals surface area contributed by atoms with Gasteiger partial charge < -0.3 is 19.5 Å². The molecule has 1 amide bonds. The van der Waals surface area contributed by atoms with Crippen molar-refractivity contribution in [2.24, 2.45) is 0 Å². The van der Waals surface area contributed by atoms with Crippen molar-refractivity contribution in [3.05, 3.63) is 58.6 Å². The molecule has 6 nitrogen and oxygen atoms in total. The summed E-state index contributed by atoms with van der Waals surface area (Å²) >= 11 is 5.92. The van der Waals surface area contributed by atoms with Crippen LogP contribution in [-0.2, 0) is 20.9 Å². The number of amides is 1. The summed E-state index contributed by atoms with van der Waals surface area (Å²) in [4.78, 5) is 24.1. The van der Waals surface area contributed by atoms with E-state index in [1.54, 1.807) is 42.5 Å². The van der Waals surface area contributed by atoms with Crippen LogP contribution >= 0.6 is 11.6 Å². The van der Waals surface area contributed by atoms with Gasteiger partial charge in [0.25, 0.3) is 5.91 Å². The minimum atomic E-state index is -0.584. The first kappa shape index (κ1) is 20.7. The summed E-state index contributed by atoms with van der Waals surface area (Å²) in [6.07, 6.45) is 0.131. The fourth-order valence-electron chi connectivity index (χ4n) is 2.18. The second kappa shape index (κ2) is 9.94.